The highest BCUT2D eigenvalue weighted by atomic mass is 14.7. The van der Waals surface area contributed by atoms with Crippen molar-refractivity contribution in [1.82, 2.24) is 0 Å². The molecule has 0 unspecified atom stereocenters. The average molecular weight is 217 g/mol. The number of hydrogen-bond donors (Lipinski definition) is 0. The van der Waals surface area contributed by atoms with Crippen molar-refractivity contribution in [2.45, 2.75) is 0 Å². The van der Waals surface area contributed by atoms with Gasteiger partial charge in [-0.25, -0.2) is 4.99 Å². The van der Waals surface area contributed by atoms with E-state index in [9.17, 15) is 0 Å². The van der Waals surface area contributed by atoms with E-state index in [1.54, 1.807) is 0 Å². The lowest BCUT2D eigenvalue weighted by atomic mass is 10.1. The van der Waals surface area contributed by atoms with E-state index in [1.807, 2.05) is 60.7 Å². The van der Waals surface area contributed by atoms with Crippen molar-refractivity contribution in [1.29, 1.82) is 0 Å². The molecule has 0 fully saturated rings. The van der Waals surface area contributed by atoms with Gasteiger partial charge in [-0.1, -0.05) is 54.5 Å². The van der Waals surface area contributed by atoms with E-state index in [1.165, 1.54) is 0 Å². The van der Waals surface area contributed by atoms with Gasteiger partial charge in [-0.15, -0.1) is 6.42 Å². The zero-order chi connectivity index (χ0) is 11.9. The quantitative estimate of drug-likeness (QED) is 0.537. The number of para-hydroxylation sites is 1. The normalized spacial score (nSPS) is 8.88. The van der Waals surface area contributed by atoms with Crippen molar-refractivity contribution in [3.63, 3.8) is 0 Å². The topological polar surface area (TPSA) is 12.4 Å². The molecule has 0 radical (unpaired) electrons. The van der Waals surface area contributed by atoms with Crippen LogP contribution < -0.4 is 0 Å². The largest absolute Gasteiger partial charge is 0.205 e. The maximum atomic E-state index is 5.46. The summed E-state index contributed by atoms with van der Waals surface area (Å²) in [6.45, 7) is 0. The van der Waals surface area contributed by atoms with E-state index in [0.29, 0.717) is 5.57 Å². The van der Waals surface area contributed by atoms with Crippen LogP contribution in [0.2, 0.25) is 0 Å². The highest BCUT2D eigenvalue weighted by molar-refractivity contribution is 5.98. The predicted molar refractivity (Wildman–Crippen MR) is 72.2 cm³/mol. The summed E-state index contributed by atoms with van der Waals surface area (Å²) < 4.78 is 0. The van der Waals surface area contributed by atoms with Crippen LogP contribution in [0.1, 0.15) is 5.56 Å². The van der Waals surface area contributed by atoms with Crippen molar-refractivity contribution in [3.05, 3.63) is 66.2 Å². The van der Waals surface area contributed by atoms with Crippen molar-refractivity contribution in [3.8, 4) is 12.3 Å². The summed E-state index contributed by atoms with van der Waals surface area (Å²) in [5.41, 5.74) is 2.46. The average Bonchev–Trinajstić information content (AvgIpc) is 2.42. The van der Waals surface area contributed by atoms with Crippen molar-refractivity contribution in [2.75, 3.05) is 0 Å². The number of rotatable bonds is 2. The second-order valence-corrected chi connectivity index (χ2v) is 3.44. The maximum absolute atomic E-state index is 5.46. The third kappa shape index (κ3) is 2.95. The Balaban J connectivity index is 2.38. The molecule has 2 rings (SSSR count). The van der Waals surface area contributed by atoms with Crippen molar-refractivity contribution < 1.29 is 0 Å². The molecule has 1 heteroatoms. The Morgan fingerprint density at radius 2 is 1.47 bits per heavy atom. The molecule has 2 aromatic carbocycles. The van der Waals surface area contributed by atoms with Crippen LogP contribution in [0.25, 0.3) is 5.57 Å². The maximum Gasteiger partial charge on any atom is 0.0928 e. The van der Waals surface area contributed by atoms with Crippen molar-refractivity contribution >= 4 is 17.1 Å². The highest BCUT2D eigenvalue weighted by Crippen LogP contribution is 2.12. The number of nitrogens with zero attached hydrogens (tertiary/aromatic N) is 1. The standard InChI is InChI=1S/C16H11N/c1-2-14(15-9-5-3-6-10-15)13-17-16-11-7-4-8-12-16/h1,3-12H. The highest BCUT2D eigenvalue weighted by Gasteiger charge is 1.95. The Morgan fingerprint density at radius 3 is 2.06 bits per heavy atom. The molecular formula is C16H11N. The van der Waals surface area contributed by atoms with Gasteiger partial charge in [-0.3, -0.25) is 0 Å². The van der Waals surface area contributed by atoms with E-state index in [-0.39, 0.29) is 0 Å². The molecule has 0 atom stereocenters. The fourth-order valence-electron chi connectivity index (χ4n) is 1.41. The van der Waals surface area contributed by atoms with Gasteiger partial charge in [0.15, 0.2) is 0 Å². The minimum Gasteiger partial charge on any atom is -0.205 e. The van der Waals surface area contributed by atoms with Crippen LogP contribution in [0.5, 0.6) is 0 Å². The number of hydrogen-bond acceptors (Lipinski definition) is 1. The SMILES string of the molecule is C#CC(=C=Nc1ccccc1)c1ccccc1. The summed E-state index contributed by atoms with van der Waals surface area (Å²) in [6, 6.07) is 19.3. The van der Waals surface area contributed by atoms with Gasteiger partial charge in [0.25, 0.3) is 0 Å². The monoisotopic (exact) mass is 217 g/mol. The zero-order valence-corrected chi connectivity index (χ0v) is 9.30. The van der Waals surface area contributed by atoms with Crippen LogP contribution in [0.3, 0.4) is 0 Å². The van der Waals surface area contributed by atoms with Crippen LogP contribution in [0.15, 0.2) is 65.7 Å². The number of terminal acetylenes is 1. The third-order valence-corrected chi connectivity index (χ3v) is 2.26. The summed E-state index contributed by atoms with van der Waals surface area (Å²) in [5.74, 6) is 5.51. The van der Waals surface area contributed by atoms with Crippen LogP contribution >= 0.6 is 0 Å². The van der Waals surface area contributed by atoms with Crippen molar-refractivity contribution in [2.24, 2.45) is 4.99 Å². The molecule has 0 aliphatic carbocycles. The fourth-order valence-corrected chi connectivity index (χ4v) is 1.41. The van der Waals surface area contributed by atoms with Gasteiger partial charge in [-0.05, 0) is 17.7 Å². The molecule has 80 valence electrons. The van der Waals surface area contributed by atoms with Gasteiger partial charge < -0.3 is 0 Å². The molecule has 0 bridgehead atoms. The summed E-state index contributed by atoms with van der Waals surface area (Å²) in [4.78, 5) is 4.22. The lowest BCUT2D eigenvalue weighted by molar-refractivity contribution is 1.55. The first-order valence-electron chi connectivity index (χ1n) is 5.31. The molecule has 0 saturated heterocycles. The van der Waals surface area contributed by atoms with Crippen LogP contribution in [0.4, 0.5) is 5.69 Å². The lowest BCUT2D eigenvalue weighted by Gasteiger charge is -1.94. The number of allylic oxidation sites excluding steroid dienone is 1. The second-order valence-electron chi connectivity index (χ2n) is 3.44. The van der Waals surface area contributed by atoms with Gasteiger partial charge >= 0.3 is 0 Å². The minimum absolute atomic E-state index is 0.662. The molecule has 0 saturated carbocycles. The predicted octanol–water partition coefficient (Wildman–Crippen LogP) is 3.70. The molecule has 0 aromatic heterocycles. The minimum atomic E-state index is 0.662. The van der Waals surface area contributed by atoms with E-state index < -0.39 is 0 Å². The van der Waals surface area contributed by atoms with E-state index in [2.05, 4.69) is 16.8 Å². The van der Waals surface area contributed by atoms with Gasteiger partial charge in [0, 0.05) is 5.87 Å². The molecule has 0 aliphatic heterocycles. The number of benzene rings is 2. The summed E-state index contributed by atoms with van der Waals surface area (Å²) in [6.07, 6.45) is 5.46. The van der Waals surface area contributed by atoms with E-state index in [4.69, 9.17) is 6.42 Å². The Hall–Kier alpha value is -2.55. The van der Waals surface area contributed by atoms with E-state index in [0.717, 1.165) is 11.3 Å². The van der Waals surface area contributed by atoms with Crippen LogP contribution in [0, 0.1) is 12.3 Å². The first-order valence-corrected chi connectivity index (χ1v) is 5.31. The summed E-state index contributed by atoms with van der Waals surface area (Å²) in [5, 5.41) is 0. The first-order chi connectivity index (χ1) is 8.40. The first kappa shape index (κ1) is 11.0. The molecule has 0 N–H and O–H groups in total. The van der Waals surface area contributed by atoms with E-state index >= 15 is 0 Å². The molecule has 1 nitrogen and oxygen atoms in total. The van der Waals surface area contributed by atoms with Crippen LogP contribution in [-0.4, -0.2) is 5.87 Å². The Labute approximate surface area is 101 Å². The fraction of sp³-hybridized carbons (Fsp3) is 0. The van der Waals surface area contributed by atoms with Crippen LogP contribution in [-0.2, 0) is 0 Å². The van der Waals surface area contributed by atoms with Gasteiger partial charge in [0.1, 0.15) is 0 Å². The molecule has 2 aromatic rings. The molecular weight excluding hydrogens is 206 g/mol. The smallest absolute Gasteiger partial charge is 0.0928 e. The van der Waals surface area contributed by atoms with Gasteiger partial charge in [0.05, 0.1) is 11.3 Å². The second kappa shape index (κ2) is 5.51. The summed E-state index contributed by atoms with van der Waals surface area (Å²) >= 11 is 0. The molecule has 0 amide bonds. The molecule has 17 heavy (non-hydrogen) atoms. The summed E-state index contributed by atoms with van der Waals surface area (Å²) in [7, 11) is 0. The van der Waals surface area contributed by atoms with Gasteiger partial charge in [-0.2, -0.15) is 0 Å². The Morgan fingerprint density at radius 1 is 0.882 bits per heavy atom. The molecule has 0 aliphatic rings. The Bertz CT molecular complexity index is 582. The third-order valence-electron chi connectivity index (χ3n) is 2.26. The molecule has 0 heterocycles. The lowest BCUT2D eigenvalue weighted by Crippen LogP contribution is -1.80. The number of aliphatic imine (C=N–C) groups is 1. The van der Waals surface area contributed by atoms with Gasteiger partial charge in [0.2, 0.25) is 0 Å². The zero-order valence-electron chi connectivity index (χ0n) is 9.30. The molecule has 0 spiro atoms. The Kier molecular flexibility index (Phi) is 3.55.